The minimum Gasteiger partial charge on any atom is -0.506 e. The standard InChI is InChI=1S/C14H10BrClN2O4/c1-22-13-3-2-9(5-12(13)16)17-7-8-4-10(18(20)21)6-11(15)14(8)19/h2-7,19H,1H3. The highest BCUT2D eigenvalue weighted by Crippen LogP contribution is 2.32. The van der Waals surface area contributed by atoms with Crippen LogP contribution in [0.3, 0.4) is 0 Å². The number of hydrogen-bond acceptors (Lipinski definition) is 5. The molecule has 0 heterocycles. The molecule has 2 rings (SSSR count). The Morgan fingerprint density at radius 1 is 1.41 bits per heavy atom. The molecular formula is C14H10BrClN2O4. The second-order valence-electron chi connectivity index (χ2n) is 4.20. The van der Waals surface area contributed by atoms with Crippen LogP contribution in [-0.4, -0.2) is 23.4 Å². The minimum atomic E-state index is -0.550. The molecule has 6 nitrogen and oxygen atoms in total. The average molecular weight is 386 g/mol. The maximum Gasteiger partial charge on any atom is 0.271 e. The number of ether oxygens (including phenoxy) is 1. The van der Waals surface area contributed by atoms with Crippen molar-refractivity contribution < 1.29 is 14.8 Å². The van der Waals surface area contributed by atoms with Crippen molar-refractivity contribution in [3.8, 4) is 11.5 Å². The first-order valence-electron chi connectivity index (χ1n) is 5.97. The zero-order valence-corrected chi connectivity index (χ0v) is 13.6. The summed E-state index contributed by atoms with van der Waals surface area (Å²) in [7, 11) is 1.50. The van der Waals surface area contributed by atoms with Gasteiger partial charge < -0.3 is 9.84 Å². The lowest BCUT2D eigenvalue weighted by molar-refractivity contribution is -0.385. The molecule has 0 saturated carbocycles. The maximum atomic E-state index is 10.8. The van der Waals surface area contributed by atoms with E-state index in [1.807, 2.05) is 0 Å². The molecular weight excluding hydrogens is 376 g/mol. The molecule has 2 aromatic carbocycles. The molecule has 0 fully saturated rings. The number of nitro benzene ring substituents is 1. The molecule has 0 atom stereocenters. The SMILES string of the molecule is COc1ccc(N=Cc2cc([N+](=O)[O-])cc(Br)c2O)cc1Cl. The van der Waals surface area contributed by atoms with Crippen molar-refractivity contribution in [3.63, 3.8) is 0 Å². The van der Waals surface area contributed by atoms with Gasteiger partial charge in [-0.25, -0.2) is 0 Å². The zero-order valence-electron chi connectivity index (χ0n) is 11.3. The summed E-state index contributed by atoms with van der Waals surface area (Å²) in [5, 5.41) is 21.1. The monoisotopic (exact) mass is 384 g/mol. The molecule has 1 N–H and O–H groups in total. The topological polar surface area (TPSA) is 85.0 Å². The van der Waals surface area contributed by atoms with Crippen LogP contribution in [0.25, 0.3) is 0 Å². The summed E-state index contributed by atoms with van der Waals surface area (Å²) in [5.41, 5.74) is 0.583. The van der Waals surface area contributed by atoms with Gasteiger partial charge in [0, 0.05) is 23.9 Å². The largest absolute Gasteiger partial charge is 0.506 e. The summed E-state index contributed by atoms with van der Waals surface area (Å²) >= 11 is 9.06. The lowest BCUT2D eigenvalue weighted by Crippen LogP contribution is -1.91. The predicted molar refractivity (Wildman–Crippen MR) is 87.7 cm³/mol. The van der Waals surface area contributed by atoms with Gasteiger partial charge in [0.05, 0.1) is 27.2 Å². The Bertz CT molecular complexity index is 765. The van der Waals surface area contributed by atoms with E-state index in [9.17, 15) is 15.2 Å². The van der Waals surface area contributed by atoms with Crippen LogP contribution in [0.2, 0.25) is 5.02 Å². The molecule has 0 aliphatic rings. The fourth-order valence-corrected chi connectivity index (χ4v) is 2.40. The molecule has 0 saturated heterocycles. The molecule has 8 heteroatoms. The fraction of sp³-hybridized carbons (Fsp3) is 0.0714. The van der Waals surface area contributed by atoms with E-state index >= 15 is 0 Å². The van der Waals surface area contributed by atoms with Gasteiger partial charge in [-0.15, -0.1) is 0 Å². The van der Waals surface area contributed by atoms with Crippen molar-refractivity contribution >= 4 is 45.1 Å². The van der Waals surface area contributed by atoms with Gasteiger partial charge in [0.1, 0.15) is 11.5 Å². The van der Waals surface area contributed by atoms with Crippen LogP contribution in [0.5, 0.6) is 11.5 Å². The van der Waals surface area contributed by atoms with Crippen molar-refractivity contribution in [2.75, 3.05) is 7.11 Å². The van der Waals surface area contributed by atoms with Crippen LogP contribution in [0, 0.1) is 10.1 Å². The fourth-order valence-electron chi connectivity index (χ4n) is 1.69. The van der Waals surface area contributed by atoms with Crippen LogP contribution in [-0.2, 0) is 0 Å². The van der Waals surface area contributed by atoms with Crippen molar-refractivity contribution in [1.29, 1.82) is 0 Å². The van der Waals surface area contributed by atoms with Gasteiger partial charge in [0.2, 0.25) is 0 Å². The molecule has 0 aliphatic carbocycles. The summed E-state index contributed by atoms with van der Waals surface area (Å²) in [6.45, 7) is 0. The molecule has 0 radical (unpaired) electrons. The zero-order chi connectivity index (χ0) is 16.3. The van der Waals surface area contributed by atoms with Crippen LogP contribution in [0.4, 0.5) is 11.4 Å². The summed E-state index contributed by atoms with van der Waals surface area (Å²) in [4.78, 5) is 14.4. The Balaban J connectivity index is 2.37. The molecule has 0 aliphatic heterocycles. The maximum absolute atomic E-state index is 10.8. The van der Waals surface area contributed by atoms with Crippen molar-refractivity contribution in [2.24, 2.45) is 4.99 Å². The van der Waals surface area contributed by atoms with E-state index in [2.05, 4.69) is 20.9 Å². The number of benzene rings is 2. The van der Waals surface area contributed by atoms with E-state index in [0.717, 1.165) is 0 Å². The Hall–Kier alpha value is -2.12. The molecule has 0 amide bonds. The van der Waals surface area contributed by atoms with Crippen LogP contribution in [0.1, 0.15) is 5.56 Å². The second-order valence-corrected chi connectivity index (χ2v) is 5.46. The van der Waals surface area contributed by atoms with Crippen molar-refractivity contribution in [1.82, 2.24) is 0 Å². The molecule has 0 aromatic heterocycles. The Morgan fingerprint density at radius 3 is 2.73 bits per heavy atom. The highest BCUT2D eigenvalue weighted by molar-refractivity contribution is 9.10. The van der Waals surface area contributed by atoms with Crippen molar-refractivity contribution in [3.05, 3.63) is 55.5 Å². The Kier molecular flexibility index (Phi) is 4.99. The lowest BCUT2D eigenvalue weighted by Gasteiger charge is -2.04. The van der Waals surface area contributed by atoms with E-state index in [1.54, 1.807) is 18.2 Å². The third-order valence-electron chi connectivity index (χ3n) is 2.78. The van der Waals surface area contributed by atoms with Crippen molar-refractivity contribution in [2.45, 2.75) is 0 Å². The predicted octanol–water partition coefficient (Wildman–Crippen LogP) is 4.48. The molecule has 0 unspecified atom stereocenters. The van der Waals surface area contributed by atoms with E-state index in [0.29, 0.717) is 16.5 Å². The number of phenols is 1. The van der Waals surface area contributed by atoms with Gasteiger partial charge in [-0.2, -0.15) is 0 Å². The second kappa shape index (κ2) is 6.76. The number of nitro groups is 1. The first-order chi connectivity index (χ1) is 10.4. The number of rotatable bonds is 4. The summed E-state index contributed by atoms with van der Waals surface area (Å²) in [5.74, 6) is 0.385. The average Bonchev–Trinajstić information content (AvgIpc) is 2.48. The van der Waals surface area contributed by atoms with Crippen LogP contribution in [0.15, 0.2) is 39.8 Å². The normalized spacial score (nSPS) is 10.9. The number of hydrogen-bond donors (Lipinski definition) is 1. The minimum absolute atomic E-state index is 0.131. The molecule has 2 aromatic rings. The molecule has 0 bridgehead atoms. The highest BCUT2D eigenvalue weighted by Gasteiger charge is 2.13. The number of nitrogens with zero attached hydrogens (tertiary/aromatic N) is 2. The quantitative estimate of drug-likeness (QED) is 0.478. The molecule has 114 valence electrons. The summed E-state index contributed by atoms with van der Waals surface area (Å²) in [6, 6.07) is 7.36. The smallest absolute Gasteiger partial charge is 0.271 e. The van der Waals surface area contributed by atoms with Gasteiger partial charge in [0.25, 0.3) is 5.69 Å². The number of aliphatic imine (C=N–C) groups is 1. The third kappa shape index (κ3) is 3.55. The Morgan fingerprint density at radius 2 is 2.14 bits per heavy atom. The Labute approximate surface area is 139 Å². The first-order valence-corrected chi connectivity index (χ1v) is 7.14. The number of halogens is 2. The summed E-state index contributed by atoms with van der Waals surface area (Å²) in [6.07, 6.45) is 1.32. The first kappa shape index (κ1) is 16.3. The van der Waals surface area contributed by atoms with Gasteiger partial charge in [0.15, 0.2) is 0 Å². The van der Waals surface area contributed by atoms with E-state index < -0.39 is 4.92 Å². The van der Waals surface area contributed by atoms with E-state index in [-0.39, 0.29) is 21.5 Å². The molecule has 22 heavy (non-hydrogen) atoms. The highest BCUT2D eigenvalue weighted by atomic mass is 79.9. The van der Waals surface area contributed by atoms with Gasteiger partial charge >= 0.3 is 0 Å². The molecule has 0 spiro atoms. The third-order valence-corrected chi connectivity index (χ3v) is 3.68. The number of phenolic OH excluding ortho intramolecular Hbond substituents is 1. The number of methoxy groups -OCH3 is 1. The number of non-ortho nitro benzene ring substituents is 1. The van der Waals surface area contributed by atoms with Gasteiger partial charge in [-0.1, -0.05) is 11.6 Å². The van der Waals surface area contributed by atoms with Gasteiger partial charge in [-0.3, -0.25) is 15.1 Å². The summed E-state index contributed by atoms with van der Waals surface area (Å²) < 4.78 is 5.25. The van der Waals surface area contributed by atoms with E-state index in [1.165, 1.54) is 25.5 Å². The number of aromatic hydroxyl groups is 1. The van der Waals surface area contributed by atoms with Crippen LogP contribution >= 0.6 is 27.5 Å². The van der Waals surface area contributed by atoms with E-state index in [4.69, 9.17) is 16.3 Å². The van der Waals surface area contributed by atoms with Gasteiger partial charge in [-0.05, 0) is 34.1 Å². The lowest BCUT2D eigenvalue weighted by atomic mass is 10.2. The van der Waals surface area contributed by atoms with Crippen LogP contribution < -0.4 is 4.74 Å².